The lowest BCUT2D eigenvalue weighted by atomic mass is 10.0. The molecule has 37 heavy (non-hydrogen) atoms. The smallest absolute Gasteiger partial charge is 0.264 e. The highest BCUT2D eigenvalue weighted by Crippen LogP contribution is 2.28. The van der Waals surface area contributed by atoms with Gasteiger partial charge < -0.3 is 19.9 Å². The van der Waals surface area contributed by atoms with Crippen LogP contribution in [0.25, 0.3) is 11.0 Å². The van der Waals surface area contributed by atoms with E-state index in [1.807, 2.05) is 36.4 Å². The van der Waals surface area contributed by atoms with Gasteiger partial charge in [0.2, 0.25) is 0 Å². The monoisotopic (exact) mass is 492 g/mol. The number of carbonyl (C=O) groups excluding carboxylic acids is 2. The summed E-state index contributed by atoms with van der Waals surface area (Å²) in [5.41, 5.74) is 1.62. The van der Waals surface area contributed by atoms with Crippen LogP contribution in [0.2, 0.25) is 0 Å². The van der Waals surface area contributed by atoms with E-state index in [-0.39, 0.29) is 23.3 Å². The van der Waals surface area contributed by atoms with Crippen molar-refractivity contribution >= 4 is 28.5 Å². The van der Waals surface area contributed by atoms with E-state index in [2.05, 4.69) is 20.3 Å². The molecule has 9 nitrogen and oxygen atoms in total. The number of carbonyl (C=O) groups is 2. The van der Waals surface area contributed by atoms with Gasteiger partial charge >= 0.3 is 0 Å². The number of rotatable bonds is 7. The number of aromatic amines is 1. The van der Waals surface area contributed by atoms with Crippen molar-refractivity contribution in [1.29, 1.82) is 5.26 Å². The van der Waals surface area contributed by atoms with E-state index in [4.69, 9.17) is 10.00 Å². The molecule has 2 aromatic carbocycles. The van der Waals surface area contributed by atoms with Crippen LogP contribution in [0.4, 0.5) is 5.82 Å². The number of hydrogen-bond donors (Lipinski definition) is 2. The predicted molar refractivity (Wildman–Crippen MR) is 138 cm³/mol. The number of benzene rings is 2. The van der Waals surface area contributed by atoms with Gasteiger partial charge in [-0.05, 0) is 49.7 Å². The summed E-state index contributed by atoms with van der Waals surface area (Å²) in [5.74, 6) is 1.41. The molecule has 2 aromatic heterocycles. The van der Waals surface area contributed by atoms with Gasteiger partial charge in [-0.3, -0.25) is 9.59 Å². The second-order valence-electron chi connectivity index (χ2n) is 8.61. The lowest BCUT2D eigenvalue weighted by Crippen LogP contribution is -2.32. The second kappa shape index (κ2) is 10.3. The third-order valence-corrected chi connectivity index (χ3v) is 6.27. The summed E-state index contributed by atoms with van der Waals surface area (Å²) in [5, 5.41) is 13.1. The van der Waals surface area contributed by atoms with Crippen LogP contribution in [0.15, 0.2) is 78.8 Å². The van der Waals surface area contributed by atoms with Crippen molar-refractivity contribution < 1.29 is 14.3 Å². The summed E-state index contributed by atoms with van der Waals surface area (Å²) < 4.78 is 5.83. The molecule has 9 heteroatoms. The molecule has 3 heterocycles. The largest absolute Gasteiger partial charge is 0.457 e. The van der Waals surface area contributed by atoms with E-state index in [0.29, 0.717) is 59.0 Å². The number of anilines is 1. The molecule has 0 spiro atoms. The summed E-state index contributed by atoms with van der Waals surface area (Å²) in [4.78, 5) is 39.3. The number of likely N-dealkylation sites (tertiary alicyclic amines) is 1. The predicted octanol–water partition coefficient (Wildman–Crippen LogP) is 4.46. The lowest BCUT2D eigenvalue weighted by Gasteiger charge is -2.17. The average molecular weight is 493 g/mol. The normalized spacial score (nSPS) is 15.4. The molecule has 1 aliphatic rings. The molecule has 2 N–H and O–H groups in total. The van der Waals surface area contributed by atoms with Crippen LogP contribution in [0, 0.1) is 11.3 Å². The van der Waals surface area contributed by atoms with Gasteiger partial charge in [-0.25, -0.2) is 9.97 Å². The Morgan fingerprint density at radius 3 is 2.62 bits per heavy atom. The number of nitrogens with zero attached hydrogens (tertiary/aromatic N) is 4. The molecule has 0 aliphatic carbocycles. The number of nitrogens with one attached hydrogen (secondary N) is 2. The Morgan fingerprint density at radius 2 is 1.89 bits per heavy atom. The molecule has 1 saturated heterocycles. The van der Waals surface area contributed by atoms with Crippen LogP contribution in [0.1, 0.15) is 29.3 Å². The van der Waals surface area contributed by atoms with E-state index >= 15 is 0 Å². The number of amides is 1. The molecule has 1 amide bonds. The molecular weight excluding hydrogens is 468 g/mol. The Morgan fingerprint density at radius 1 is 1.14 bits per heavy atom. The number of aromatic nitrogens is 3. The van der Waals surface area contributed by atoms with Gasteiger partial charge in [0.15, 0.2) is 5.78 Å². The molecule has 0 bridgehead atoms. The quantitative estimate of drug-likeness (QED) is 0.222. The van der Waals surface area contributed by atoms with E-state index in [1.165, 1.54) is 12.4 Å². The van der Waals surface area contributed by atoms with Crippen molar-refractivity contribution in [3.8, 4) is 17.6 Å². The molecular formula is C28H24N6O3. The van der Waals surface area contributed by atoms with Gasteiger partial charge in [0.25, 0.3) is 5.91 Å². The molecule has 1 atom stereocenters. The van der Waals surface area contributed by atoms with Crippen molar-refractivity contribution in [3.63, 3.8) is 0 Å². The molecule has 1 unspecified atom stereocenters. The molecule has 1 fully saturated rings. The number of ketones is 1. The standard InChI is InChI=1S/C28H24N6O3/c1-2-18(14-29)28(36)34-13-12-20(16-34)33-27-24-23(15-30-26(24)31-17-32-27)25(35)19-8-10-22(11-9-19)37-21-6-4-3-5-7-21/h2-11,15,17,20H,12-13,16H2,1H3,(H2,30,31,32,33)/b18-2+. The van der Waals surface area contributed by atoms with Gasteiger partial charge in [-0.1, -0.05) is 24.3 Å². The minimum absolute atomic E-state index is 0.0777. The highest BCUT2D eigenvalue weighted by Gasteiger charge is 2.29. The summed E-state index contributed by atoms with van der Waals surface area (Å²) in [6.07, 6.45) is 5.28. The van der Waals surface area contributed by atoms with Crippen LogP contribution in [-0.2, 0) is 4.79 Å². The second-order valence-corrected chi connectivity index (χ2v) is 8.61. The number of H-pyrrole nitrogens is 1. The Balaban J connectivity index is 1.34. The van der Waals surface area contributed by atoms with Gasteiger partial charge in [-0.15, -0.1) is 0 Å². The van der Waals surface area contributed by atoms with E-state index < -0.39 is 0 Å². The number of para-hydroxylation sites is 1. The minimum atomic E-state index is -0.278. The number of hydrogen-bond acceptors (Lipinski definition) is 7. The van der Waals surface area contributed by atoms with Gasteiger partial charge in [0.05, 0.1) is 10.9 Å². The first-order valence-corrected chi connectivity index (χ1v) is 11.9. The number of ether oxygens (including phenoxy) is 1. The first kappa shape index (κ1) is 23.8. The van der Waals surface area contributed by atoms with Crippen molar-refractivity contribution in [1.82, 2.24) is 19.9 Å². The number of allylic oxidation sites excluding steroid dienone is 1. The fourth-order valence-electron chi connectivity index (χ4n) is 4.37. The van der Waals surface area contributed by atoms with E-state index in [9.17, 15) is 9.59 Å². The zero-order valence-corrected chi connectivity index (χ0v) is 20.1. The maximum atomic E-state index is 13.4. The van der Waals surface area contributed by atoms with Crippen molar-refractivity contribution in [2.75, 3.05) is 18.4 Å². The Kier molecular flexibility index (Phi) is 6.64. The van der Waals surface area contributed by atoms with Crippen LogP contribution < -0.4 is 10.1 Å². The zero-order chi connectivity index (χ0) is 25.8. The zero-order valence-electron chi connectivity index (χ0n) is 20.1. The third-order valence-electron chi connectivity index (χ3n) is 6.27. The minimum Gasteiger partial charge on any atom is -0.457 e. The molecule has 5 rings (SSSR count). The van der Waals surface area contributed by atoms with Crippen molar-refractivity contribution in [3.05, 3.63) is 89.9 Å². The fourth-order valence-corrected chi connectivity index (χ4v) is 4.37. The highest BCUT2D eigenvalue weighted by atomic mass is 16.5. The Bertz CT molecular complexity index is 1520. The molecule has 184 valence electrons. The van der Waals surface area contributed by atoms with Crippen LogP contribution in [0.5, 0.6) is 11.5 Å². The summed E-state index contributed by atoms with van der Waals surface area (Å²) in [6, 6.07) is 18.3. The number of fused-ring (bicyclic) bond motifs is 1. The first-order valence-electron chi connectivity index (χ1n) is 11.9. The summed E-state index contributed by atoms with van der Waals surface area (Å²) >= 11 is 0. The SMILES string of the molecule is C/C=C(\C#N)C(=O)N1CCC(Nc2ncnc3[nH]cc(C(=O)c4ccc(Oc5ccccc5)cc4)c23)C1. The molecule has 1 aliphatic heterocycles. The Labute approximate surface area is 213 Å². The van der Waals surface area contributed by atoms with Crippen molar-refractivity contribution in [2.45, 2.75) is 19.4 Å². The van der Waals surface area contributed by atoms with Crippen LogP contribution in [0.3, 0.4) is 0 Å². The van der Waals surface area contributed by atoms with Crippen LogP contribution >= 0.6 is 0 Å². The topological polar surface area (TPSA) is 124 Å². The Hall–Kier alpha value is -4.97. The van der Waals surface area contributed by atoms with Crippen molar-refractivity contribution in [2.24, 2.45) is 0 Å². The van der Waals surface area contributed by atoms with Gasteiger partial charge in [0, 0.05) is 30.9 Å². The number of nitriles is 1. The first-order chi connectivity index (χ1) is 18.1. The maximum absolute atomic E-state index is 13.4. The summed E-state index contributed by atoms with van der Waals surface area (Å²) in [7, 11) is 0. The van der Waals surface area contributed by atoms with Gasteiger partial charge in [0.1, 0.15) is 40.9 Å². The lowest BCUT2D eigenvalue weighted by molar-refractivity contribution is -0.125. The molecule has 4 aromatic rings. The maximum Gasteiger partial charge on any atom is 0.264 e. The average Bonchev–Trinajstić information content (AvgIpc) is 3.58. The van der Waals surface area contributed by atoms with E-state index in [1.54, 1.807) is 42.3 Å². The highest BCUT2D eigenvalue weighted by molar-refractivity contribution is 6.18. The van der Waals surface area contributed by atoms with Gasteiger partial charge in [-0.2, -0.15) is 5.26 Å². The molecule has 0 radical (unpaired) electrons. The summed E-state index contributed by atoms with van der Waals surface area (Å²) in [6.45, 7) is 2.63. The van der Waals surface area contributed by atoms with Crippen LogP contribution in [-0.4, -0.2) is 50.7 Å². The van der Waals surface area contributed by atoms with E-state index in [0.717, 1.165) is 0 Å². The third kappa shape index (κ3) is 4.90. The fraction of sp³-hybridized carbons (Fsp3) is 0.179. The molecule has 0 saturated carbocycles.